The van der Waals surface area contributed by atoms with Crippen molar-refractivity contribution in [2.24, 2.45) is 12.5 Å². The van der Waals surface area contributed by atoms with E-state index in [4.69, 9.17) is 0 Å². The van der Waals surface area contributed by atoms with Crippen molar-refractivity contribution >= 4 is 21.9 Å². The quantitative estimate of drug-likeness (QED) is 0.251. The number of alkyl halides is 3. The van der Waals surface area contributed by atoms with Crippen molar-refractivity contribution < 1.29 is 30.8 Å². The number of Topliss-reactive ketones (excluding diaryl/α,β-unsaturated/α-hetero) is 1. The predicted molar refractivity (Wildman–Crippen MR) is 140 cm³/mol. The van der Waals surface area contributed by atoms with E-state index in [1.165, 1.54) is 18.3 Å². The minimum atomic E-state index is -4.61. The first-order valence-electron chi connectivity index (χ1n) is 12.6. The van der Waals surface area contributed by atoms with E-state index in [-0.39, 0.29) is 42.4 Å². The van der Waals surface area contributed by atoms with Crippen molar-refractivity contribution in [3.05, 3.63) is 101 Å². The number of rotatable bonds is 5. The molecule has 3 heterocycles. The van der Waals surface area contributed by atoms with Crippen LogP contribution in [0.1, 0.15) is 33.9 Å². The minimum absolute atomic E-state index is 0.0187. The predicted octanol–water partition coefficient (Wildman–Crippen LogP) is 4.67. The van der Waals surface area contributed by atoms with Gasteiger partial charge in [-0.1, -0.05) is 5.57 Å². The van der Waals surface area contributed by atoms with Crippen molar-refractivity contribution in [2.75, 3.05) is 13.1 Å². The molecule has 2 aliphatic rings. The Morgan fingerprint density at radius 2 is 1.76 bits per heavy atom. The number of carbonyl (C=O) groups is 1. The van der Waals surface area contributed by atoms with Crippen molar-refractivity contribution in [1.29, 1.82) is 0 Å². The second kappa shape index (κ2) is 9.48. The number of piperidine rings is 1. The van der Waals surface area contributed by atoms with E-state index in [0.29, 0.717) is 22.5 Å². The largest absolute Gasteiger partial charge is 0.416 e. The Morgan fingerprint density at radius 3 is 2.39 bits per heavy atom. The molecule has 0 radical (unpaired) electrons. The van der Waals surface area contributed by atoms with Crippen molar-refractivity contribution in [2.45, 2.75) is 23.9 Å². The van der Waals surface area contributed by atoms with Gasteiger partial charge in [0.1, 0.15) is 5.82 Å². The number of benzene rings is 2. The smallest absolute Gasteiger partial charge is 0.332 e. The van der Waals surface area contributed by atoms with Crippen LogP contribution in [-0.2, 0) is 29.7 Å². The van der Waals surface area contributed by atoms with Crippen LogP contribution in [0.15, 0.2) is 77.6 Å². The van der Waals surface area contributed by atoms with Gasteiger partial charge < -0.3 is 4.57 Å². The molecule has 0 N–H and O–H groups in total. The maximum atomic E-state index is 14.2. The summed E-state index contributed by atoms with van der Waals surface area (Å²) in [5.41, 5.74) is 0.429. The fourth-order valence-electron chi connectivity index (χ4n) is 5.57. The highest BCUT2D eigenvalue weighted by atomic mass is 32.2. The first-order valence-corrected chi connectivity index (χ1v) is 14.1. The highest BCUT2D eigenvalue weighted by Crippen LogP contribution is 2.47. The molecule has 1 unspecified atom stereocenters. The zero-order valence-electron chi connectivity index (χ0n) is 21.6. The summed E-state index contributed by atoms with van der Waals surface area (Å²) in [7, 11) is -2.57. The molecule has 0 saturated carbocycles. The lowest BCUT2D eigenvalue weighted by molar-refractivity contribution is -0.137. The Labute approximate surface area is 232 Å². The summed E-state index contributed by atoms with van der Waals surface area (Å²) in [5, 5.41) is 4.46. The van der Waals surface area contributed by atoms with E-state index in [9.17, 15) is 30.8 Å². The topological polar surface area (TPSA) is 90.1 Å². The lowest BCUT2D eigenvalue weighted by Crippen LogP contribution is -2.53. The monoisotopic (exact) mass is 585 g/mol. The zero-order chi connectivity index (χ0) is 29.2. The Balaban J connectivity index is 1.42. The number of nitrogens with zero attached hydrogens (tertiary/aromatic N) is 5. The van der Waals surface area contributed by atoms with Crippen molar-refractivity contribution in [1.82, 2.24) is 23.6 Å². The van der Waals surface area contributed by atoms with Crippen LogP contribution in [0.25, 0.3) is 11.8 Å². The molecule has 212 valence electrons. The Morgan fingerprint density at radius 1 is 1.05 bits per heavy atom. The van der Waals surface area contributed by atoms with Crippen molar-refractivity contribution in [3.63, 3.8) is 0 Å². The van der Waals surface area contributed by atoms with Gasteiger partial charge in [-0.15, -0.1) is 0 Å². The molecule has 2 aromatic heterocycles. The Bertz CT molecular complexity index is 1790. The molecule has 0 amide bonds. The van der Waals surface area contributed by atoms with E-state index in [0.717, 1.165) is 28.6 Å². The Hall–Kier alpha value is -4.10. The molecule has 8 nitrogen and oxygen atoms in total. The van der Waals surface area contributed by atoms with E-state index in [1.807, 2.05) is 6.08 Å². The van der Waals surface area contributed by atoms with Gasteiger partial charge in [0, 0.05) is 32.5 Å². The summed E-state index contributed by atoms with van der Waals surface area (Å²) in [6.07, 6.45) is 2.25. The molecular formula is C28H23F4N5O3S. The van der Waals surface area contributed by atoms with Crippen LogP contribution in [0.4, 0.5) is 17.6 Å². The van der Waals surface area contributed by atoms with Crippen LogP contribution in [0.5, 0.6) is 0 Å². The van der Waals surface area contributed by atoms with E-state index < -0.39 is 33.0 Å². The average Bonchev–Trinajstić information content (AvgIpc) is 3.56. The summed E-state index contributed by atoms with van der Waals surface area (Å²) in [6.45, 7) is -0.208. The maximum absolute atomic E-state index is 14.2. The molecule has 6 rings (SSSR count). The standard InChI is InChI=1S/C28H23F4N5O3S/c1-35-13-11-33-26(35)25(38)27-15-18-16-34-37(22-6-4-21(29)5-7-22)24(18)14-20(27)10-12-36(17-27)41(39,40)23-8-2-19(3-9-23)28(30,31)32/h2-9,11,13-14,16H,10,12,15,17H2,1H3. The number of ketones is 1. The number of carbonyl (C=O) groups excluding carboxylic acids is 1. The SMILES string of the molecule is Cn1ccnc1C(=O)C12Cc3cnn(-c4ccc(F)cc4)c3C=C1CCN(S(=O)(=O)c1ccc(C(F)(F)F)cc1)C2. The third-order valence-corrected chi connectivity index (χ3v) is 9.59. The van der Waals surface area contributed by atoms with Gasteiger partial charge in [-0.2, -0.15) is 22.6 Å². The number of fused-ring (bicyclic) bond motifs is 2. The van der Waals surface area contributed by atoms with E-state index in [1.54, 1.807) is 40.8 Å². The fraction of sp³-hybridized carbons (Fsp3) is 0.250. The molecule has 1 aliphatic heterocycles. The molecule has 4 aromatic rings. The van der Waals surface area contributed by atoms with Gasteiger partial charge in [-0.3, -0.25) is 4.79 Å². The second-order valence-electron chi connectivity index (χ2n) is 10.2. The number of halogens is 4. The van der Waals surface area contributed by atoms with Crippen LogP contribution >= 0.6 is 0 Å². The number of hydrogen-bond donors (Lipinski definition) is 0. The highest BCUT2D eigenvalue weighted by molar-refractivity contribution is 7.89. The number of aromatic nitrogens is 4. The van der Waals surface area contributed by atoms with Crippen LogP contribution in [0.2, 0.25) is 0 Å². The van der Waals surface area contributed by atoms with Crippen molar-refractivity contribution in [3.8, 4) is 5.69 Å². The molecule has 41 heavy (non-hydrogen) atoms. The average molecular weight is 586 g/mol. The van der Waals surface area contributed by atoms with Crippen LogP contribution < -0.4 is 0 Å². The lowest BCUT2D eigenvalue weighted by atomic mass is 9.66. The molecule has 1 aliphatic carbocycles. The third-order valence-electron chi connectivity index (χ3n) is 7.73. The second-order valence-corrected chi connectivity index (χ2v) is 12.1. The van der Waals surface area contributed by atoms with Crippen LogP contribution in [0.3, 0.4) is 0 Å². The third kappa shape index (κ3) is 4.49. The van der Waals surface area contributed by atoms with Gasteiger partial charge in [-0.25, -0.2) is 22.5 Å². The first-order chi connectivity index (χ1) is 19.4. The summed E-state index contributed by atoms with van der Waals surface area (Å²) in [5.74, 6) is -0.614. The maximum Gasteiger partial charge on any atom is 0.416 e. The molecule has 13 heteroatoms. The molecule has 1 saturated heterocycles. The summed E-state index contributed by atoms with van der Waals surface area (Å²) in [6, 6.07) is 9.13. The molecular weight excluding hydrogens is 562 g/mol. The highest BCUT2D eigenvalue weighted by Gasteiger charge is 2.52. The molecule has 0 bridgehead atoms. The van der Waals surface area contributed by atoms with E-state index >= 15 is 0 Å². The minimum Gasteiger partial charge on any atom is -0.332 e. The molecule has 1 fully saturated rings. The van der Waals surface area contributed by atoms with Crippen LogP contribution in [-0.4, -0.2) is 50.9 Å². The number of hydrogen-bond acceptors (Lipinski definition) is 5. The number of aryl methyl sites for hydroxylation is 1. The summed E-state index contributed by atoms with van der Waals surface area (Å²) >= 11 is 0. The molecule has 1 atom stereocenters. The van der Waals surface area contributed by atoms with Gasteiger partial charge in [0.05, 0.1) is 33.5 Å². The van der Waals surface area contributed by atoms with Gasteiger partial charge in [0.2, 0.25) is 15.8 Å². The Kier molecular flexibility index (Phi) is 6.27. The summed E-state index contributed by atoms with van der Waals surface area (Å²) in [4.78, 5) is 18.1. The molecule has 2 aromatic carbocycles. The number of imidazole rings is 1. The molecule has 0 spiro atoms. The van der Waals surface area contributed by atoms with Gasteiger partial charge in [0.15, 0.2) is 5.82 Å². The fourth-order valence-corrected chi connectivity index (χ4v) is 7.07. The van der Waals surface area contributed by atoms with E-state index in [2.05, 4.69) is 10.1 Å². The van der Waals surface area contributed by atoms with Crippen LogP contribution in [0, 0.1) is 11.2 Å². The summed E-state index contributed by atoms with van der Waals surface area (Å²) < 4.78 is 84.4. The zero-order valence-corrected chi connectivity index (χ0v) is 22.5. The van der Waals surface area contributed by atoms with Gasteiger partial charge in [0.25, 0.3) is 0 Å². The van der Waals surface area contributed by atoms with Gasteiger partial charge >= 0.3 is 6.18 Å². The lowest BCUT2D eigenvalue weighted by Gasteiger charge is -2.44. The number of sulfonamides is 1. The van der Waals surface area contributed by atoms with Gasteiger partial charge in [-0.05, 0) is 73.0 Å². The first kappa shape index (κ1) is 27.1. The normalized spacial score (nSPS) is 19.4.